The van der Waals surface area contributed by atoms with Crippen molar-refractivity contribution in [2.75, 3.05) is 11.9 Å². The molecule has 0 unspecified atom stereocenters. The summed E-state index contributed by atoms with van der Waals surface area (Å²) in [5.41, 5.74) is 2.12. The van der Waals surface area contributed by atoms with Crippen LogP contribution in [0.3, 0.4) is 0 Å². The van der Waals surface area contributed by atoms with Crippen molar-refractivity contribution in [2.45, 2.75) is 33.4 Å². The van der Waals surface area contributed by atoms with Gasteiger partial charge in [-0.05, 0) is 50.6 Å². The van der Waals surface area contributed by atoms with Gasteiger partial charge in [-0.3, -0.25) is 0 Å². The maximum absolute atomic E-state index is 6.36. The minimum atomic E-state index is 0.0463. The van der Waals surface area contributed by atoms with Crippen LogP contribution in [-0.2, 0) is 6.54 Å². The van der Waals surface area contributed by atoms with Crippen LogP contribution in [0.5, 0.6) is 11.5 Å². The van der Waals surface area contributed by atoms with Crippen molar-refractivity contribution >= 4 is 17.3 Å². The van der Waals surface area contributed by atoms with E-state index < -0.39 is 0 Å². The fourth-order valence-corrected chi connectivity index (χ4v) is 2.37. The lowest BCUT2D eigenvalue weighted by atomic mass is 10.2. The first-order chi connectivity index (χ1) is 10.6. The second-order valence-corrected chi connectivity index (χ2v) is 5.63. The molecule has 0 heterocycles. The molecule has 0 saturated carbocycles. The highest BCUT2D eigenvalue weighted by Gasteiger charge is 2.14. The van der Waals surface area contributed by atoms with Crippen molar-refractivity contribution in [1.29, 1.82) is 0 Å². The second kappa shape index (κ2) is 7.95. The van der Waals surface area contributed by atoms with E-state index in [2.05, 4.69) is 5.32 Å². The Morgan fingerprint density at radius 1 is 1.14 bits per heavy atom. The standard InChI is InChI=1S/C18H22ClNO2/c1-4-21-17-11-14(10-16(19)18(17)22-13(2)3)12-20-15-8-6-5-7-9-15/h5-11,13,20H,4,12H2,1-3H3. The molecular formula is C18H22ClNO2. The molecule has 0 aliphatic heterocycles. The van der Waals surface area contributed by atoms with Gasteiger partial charge in [0.25, 0.3) is 0 Å². The number of benzene rings is 2. The van der Waals surface area contributed by atoms with Crippen LogP contribution >= 0.6 is 11.6 Å². The molecule has 0 aromatic heterocycles. The van der Waals surface area contributed by atoms with Gasteiger partial charge in [0.2, 0.25) is 0 Å². The summed E-state index contributed by atoms with van der Waals surface area (Å²) in [6, 6.07) is 13.9. The molecule has 0 bridgehead atoms. The lowest BCUT2D eigenvalue weighted by Gasteiger charge is -2.17. The number of hydrogen-bond acceptors (Lipinski definition) is 3. The number of ether oxygens (including phenoxy) is 2. The molecule has 0 spiro atoms. The van der Waals surface area contributed by atoms with Crippen LogP contribution < -0.4 is 14.8 Å². The first-order valence-corrected chi connectivity index (χ1v) is 7.88. The molecule has 0 saturated heterocycles. The van der Waals surface area contributed by atoms with E-state index in [1.807, 2.05) is 63.2 Å². The molecule has 0 radical (unpaired) electrons. The number of nitrogens with one attached hydrogen (secondary N) is 1. The van der Waals surface area contributed by atoms with E-state index in [4.69, 9.17) is 21.1 Å². The quantitative estimate of drug-likeness (QED) is 0.766. The zero-order chi connectivity index (χ0) is 15.9. The Morgan fingerprint density at radius 3 is 2.50 bits per heavy atom. The summed E-state index contributed by atoms with van der Waals surface area (Å²) in [7, 11) is 0. The first-order valence-electron chi connectivity index (χ1n) is 7.51. The van der Waals surface area contributed by atoms with Crippen LogP contribution in [-0.4, -0.2) is 12.7 Å². The topological polar surface area (TPSA) is 30.5 Å². The fourth-order valence-electron chi connectivity index (χ4n) is 2.10. The van der Waals surface area contributed by atoms with Gasteiger partial charge in [0.05, 0.1) is 17.7 Å². The predicted octanol–water partition coefficient (Wildman–Crippen LogP) is 5.14. The summed E-state index contributed by atoms with van der Waals surface area (Å²) in [4.78, 5) is 0. The van der Waals surface area contributed by atoms with Crippen molar-refractivity contribution in [3.05, 3.63) is 53.1 Å². The number of para-hydroxylation sites is 1. The van der Waals surface area contributed by atoms with Gasteiger partial charge < -0.3 is 14.8 Å². The van der Waals surface area contributed by atoms with Gasteiger partial charge in [0.15, 0.2) is 11.5 Å². The summed E-state index contributed by atoms with van der Waals surface area (Å²) in [6.45, 7) is 7.13. The number of anilines is 1. The third-order valence-corrected chi connectivity index (χ3v) is 3.27. The van der Waals surface area contributed by atoms with Gasteiger partial charge in [-0.2, -0.15) is 0 Å². The number of hydrogen-bond donors (Lipinski definition) is 1. The molecular weight excluding hydrogens is 298 g/mol. The molecule has 22 heavy (non-hydrogen) atoms. The Kier molecular flexibility index (Phi) is 5.96. The molecule has 4 heteroatoms. The van der Waals surface area contributed by atoms with Crippen molar-refractivity contribution in [3.8, 4) is 11.5 Å². The van der Waals surface area contributed by atoms with Crippen LogP contribution in [0.15, 0.2) is 42.5 Å². The van der Waals surface area contributed by atoms with E-state index in [0.717, 1.165) is 11.3 Å². The normalized spacial score (nSPS) is 10.6. The lowest BCUT2D eigenvalue weighted by molar-refractivity contribution is 0.224. The summed E-state index contributed by atoms with van der Waals surface area (Å²) in [5.74, 6) is 1.30. The van der Waals surface area contributed by atoms with Gasteiger partial charge in [0, 0.05) is 12.2 Å². The van der Waals surface area contributed by atoms with Crippen molar-refractivity contribution < 1.29 is 9.47 Å². The molecule has 0 fully saturated rings. The Balaban J connectivity index is 2.18. The minimum absolute atomic E-state index is 0.0463. The van der Waals surface area contributed by atoms with Crippen molar-refractivity contribution in [2.24, 2.45) is 0 Å². The molecule has 0 aliphatic rings. The summed E-state index contributed by atoms with van der Waals surface area (Å²) < 4.78 is 11.4. The van der Waals surface area contributed by atoms with E-state index in [-0.39, 0.29) is 6.10 Å². The molecule has 0 atom stereocenters. The van der Waals surface area contributed by atoms with Crippen LogP contribution in [0, 0.1) is 0 Å². The molecule has 2 aromatic rings. The molecule has 0 amide bonds. The Hall–Kier alpha value is -1.87. The third kappa shape index (κ3) is 4.57. The Morgan fingerprint density at radius 2 is 1.86 bits per heavy atom. The maximum Gasteiger partial charge on any atom is 0.180 e. The largest absolute Gasteiger partial charge is 0.490 e. The van der Waals surface area contributed by atoms with Crippen LogP contribution in [0.4, 0.5) is 5.69 Å². The van der Waals surface area contributed by atoms with E-state index in [0.29, 0.717) is 29.7 Å². The van der Waals surface area contributed by atoms with E-state index in [9.17, 15) is 0 Å². The zero-order valence-corrected chi connectivity index (χ0v) is 14.0. The van der Waals surface area contributed by atoms with Crippen molar-refractivity contribution in [3.63, 3.8) is 0 Å². The summed E-state index contributed by atoms with van der Waals surface area (Å²) in [5, 5.41) is 3.94. The number of halogens is 1. The van der Waals surface area contributed by atoms with Gasteiger partial charge in [-0.1, -0.05) is 29.8 Å². The smallest absolute Gasteiger partial charge is 0.180 e. The van der Waals surface area contributed by atoms with E-state index >= 15 is 0 Å². The number of rotatable bonds is 7. The second-order valence-electron chi connectivity index (χ2n) is 5.22. The van der Waals surface area contributed by atoms with Crippen LogP contribution in [0.25, 0.3) is 0 Å². The molecule has 3 nitrogen and oxygen atoms in total. The van der Waals surface area contributed by atoms with Crippen molar-refractivity contribution in [1.82, 2.24) is 0 Å². The van der Waals surface area contributed by atoms with Crippen LogP contribution in [0.1, 0.15) is 26.3 Å². The van der Waals surface area contributed by atoms with Gasteiger partial charge >= 0.3 is 0 Å². The SMILES string of the molecule is CCOc1cc(CNc2ccccc2)cc(Cl)c1OC(C)C. The summed E-state index contributed by atoms with van der Waals surface area (Å²) in [6.07, 6.45) is 0.0463. The monoisotopic (exact) mass is 319 g/mol. The highest BCUT2D eigenvalue weighted by molar-refractivity contribution is 6.32. The predicted molar refractivity (Wildman–Crippen MR) is 92.2 cm³/mol. The molecule has 0 aliphatic carbocycles. The maximum atomic E-state index is 6.36. The fraction of sp³-hybridized carbons (Fsp3) is 0.333. The average molecular weight is 320 g/mol. The highest BCUT2D eigenvalue weighted by Crippen LogP contribution is 2.37. The van der Waals surface area contributed by atoms with Gasteiger partial charge in [0.1, 0.15) is 0 Å². The molecule has 1 N–H and O–H groups in total. The zero-order valence-electron chi connectivity index (χ0n) is 13.2. The van der Waals surface area contributed by atoms with Crippen LogP contribution in [0.2, 0.25) is 5.02 Å². The first kappa shape index (κ1) is 16.5. The van der Waals surface area contributed by atoms with E-state index in [1.165, 1.54) is 0 Å². The Bertz CT molecular complexity index is 600. The highest BCUT2D eigenvalue weighted by atomic mass is 35.5. The van der Waals surface area contributed by atoms with Gasteiger partial charge in [-0.25, -0.2) is 0 Å². The summed E-state index contributed by atoms with van der Waals surface area (Å²) >= 11 is 6.36. The molecule has 2 aromatic carbocycles. The molecule has 118 valence electrons. The van der Waals surface area contributed by atoms with Gasteiger partial charge in [-0.15, -0.1) is 0 Å². The van der Waals surface area contributed by atoms with E-state index in [1.54, 1.807) is 0 Å². The Labute approximate surface area is 137 Å². The lowest BCUT2D eigenvalue weighted by Crippen LogP contribution is -2.09. The third-order valence-electron chi connectivity index (χ3n) is 2.99. The average Bonchev–Trinajstić information content (AvgIpc) is 2.49. The molecule has 2 rings (SSSR count). The minimum Gasteiger partial charge on any atom is -0.490 e.